The molecule has 2 amide bonds. The van der Waals surface area contributed by atoms with E-state index in [0.717, 1.165) is 0 Å². The normalized spacial score (nSPS) is 12.7. The van der Waals surface area contributed by atoms with E-state index in [9.17, 15) is 14.4 Å². The molecule has 0 aromatic rings. The average molecular weight is 495 g/mol. The molecule has 1 rings (SSSR count). The van der Waals surface area contributed by atoms with E-state index in [4.69, 9.17) is 9.84 Å². The van der Waals surface area contributed by atoms with Gasteiger partial charge in [0.05, 0.1) is 18.8 Å². The Morgan fingerprint density at radius 1 is 1.09 bits per heavy atom. The number of hydrogen-bond donors (Lipinski definition) is 2. The highest BCUT2D eigenvalue weighted by atomic mass is 16.5. The summed E-state index contributed by atoms with van der Waals surface area (Å²) >= 11 is 0. The van der Waals surface area contributed by atoms with Gasteiger partial charge >= 0.3 is 5.97 Å². The number of hydrogen-bond acceptors (Lipinski definition) is 5. The molecule has 0 radical (unpaired) electrons. The van der Waals surface area contributed by atoms with E-state index < -0.39 is 12.0 Å². The molecule has 208 valence electrons. The second kappa shape index (κ2) is 38.3. The molecular weight excluding hydrogens is 436 g/mol. The van der Waals surface area contributed by atoms with Crippen molar-refractivity contribution in [3.05, 3.63) is 12.7 Å². The second-order valence-electron chi connectivity index (χ2n) is 6.85. The minimum Gasteiger partial charge on any atom is -0.480 e. The molecule has 1 fully saturated rings. The van der Waals surface area contributed by atoms with Crippen molar-refractivity contribution in [2.45, 2.75) is 107 Å². The predicted molar refractivity (Wildman–Crippen MR) is 145 cm³/mol. The van der Waals surface area contributed by atoms with Crippen LogP contribution in [-0.2, 0) is 23.9 Å². The van der Waals surface area contributed by atoms with Gasteiger partial charge in [0.1, 0.15) is 6.04 Å². The van der Waals surface area contributed by atoms with Crippen molar-refractivity contribution >= 4 is 18.3 Å². The van der Waals surface area contributed by atoms with Crippen LogP contribution < -0.4 is 5.32 Å². The highest BCUT2D eigenvalue weighted by Gasteiger charge is 2.33. The molecule has 0 saturated carbocycles. The van der Waals surface area contributed by atoms with Crippen LogP contribution in [0, 0.1) is 0 Å². The van der Waals surface area contributed by atoms with Crippen molar-refractivity contribution in [2.75, 3.05) is 33.9 Å². The highest BCUT2D eigenvalue weighted by molar-refractivity contribution is 5.86. The third-order valence-corrected chi connectivity index (χ3v) is 3.09. The van der Waals surface area contributed by atoms with Gasteiger partial charge in [-0.3, -0.25) is 9.59 Å². The standard InChI is InChI=1S/C8H12N2O4.C5H12O.C4H8O.C3H8.3C2H6/c11-5-9-4-7(12)10-3-1-2-6(10)8(13)14;1-5(2,3)6-4;1-3-4-5-2;1-3-2;3*1-2/h5-6H,1-4H2,(H,9,11)(H,13,14);1-4H3;3H,1,4H2,2H3;3H2,1-2H3;3*1-2H3. The molecule has 1 heterocycles. The van der Waals surface area contributed by atoms with Crippen LogP contribution in [0.5, 0.6) is 0 Å². The number of carbonyl (C=O) groups excluding carboxylic acids is 2. The van der Waals surface area contributed by atoms with Gasteiger partial charge in [0.25, 0.3) is 0 Å². The average Bonchev–Trinajstić information content (AvgIpc) is 3.33. The quantitative estimate of drug-likeness (QED) is 0.370. The van der Waals surface area contributed by atoms with Gasteiger partial charge in [0.2, 0.25) is 12.3 Å². The molecule has 0 aromatic heterocycles. The van der Waals surface area contributed by atoms with Crippen LogP contribution in [0.1, 0.15) is 95.4 Å². The Kier molecular flexibility index (Phi) is 51.4. The molecule has 0 aromatic carbocycles. The maximum Gasteiger partial charge on any atom is 0.326 e. The predicted octanol–water partition coefficient (Wildman–Crippen LogP) is 5.55. The fourth-order valence-electron chi connectivity index (χ4n) is 1.67. The Bertz CT molecular complexity index is 424. The largest absolute Gasteiger partial charge is 0.480 e. The first kappa shape index (κ1) is 45.6. The zero-order valence-corrected chi connectivity index (χ0v) is 24.6. The van der Waals surface area contributed by atoms with E-state index >= 15 is 0 Å². The van der Waals surface area contributed by atoms with Crippen molar-refractivity contribution < 1.29 is 29.0 Å². The fourth-order valence-corrected chi connectivity index (χ4v) is 1.67. The summed E-state index contributed by atoms with van der Waals surface area (Å²) in [6.45, 7) is 26.7. The van der Waals surface area contributed by atoms with E-state index in [-0.39, 0.29) is 18.1 Å². The number of carbonyl (C=O) groups is 3. The first-order chi connectivity index (χ1) is 16.1. The summed E-state index contributed by atoms with van der Waals surface area (Å²) in [6, 6.07) is -0.726. The number of carboxylic acid groups (broad SMARTS) is 1. The summed E-state index contributed by atoms with van der Waals surface area (Å²) in [5.74, 6) is -1.33. The molecule has 1 unspecified atom stereocenters. The summed E-state index contributed by atoms with van der Waals surface area (Å²) < 4.78 is 9.51. The van der Waals surface area contributed by atoms with Crippen molar-refractivity contribution in [3.63, 3.8) is 0 Å². The number of aliphatic carboxylic acids is 1. The van der Waals surface area contributed by atoms with Gasteiger partial charge in [-0.25, -0.2) is 4.79 Å². The molecule has 0 bridgehead atoms. The molecule has 8 heteroatoms. The van der Waals surface area contributed by atoms with E-state index in [1.807, 2.05) is 62.3 Å². The molecule has 0 spiro atoms. The summed E-state index contributed by atoms with van der Waals surface area (Å²) in [5, 5.41) is 11.0. The minimum atomic E-state index is -0.984. The second-order valence-corrected chi connectivity index (χ2v) is 6.85. The lowest BCUT2D eigenvalue weighted by molar-refractivity contribution is -0.147. The number of ether oxygens (including phenoxy) is 2. The lowest BCUT2D eigenvalue weighted by Gasteiger charge is -2.20. The third-order valence-electron chi connectivity index (χ3n) is 3.09. The van der Waals surface area contributed by atoms with E-state index in [2.05, 4.69) is 30.5 Å². The van der Waals surface area contributed by atoms with Gasteiger partial charge in [-0.05, 0) is 33.6 Å². The van der Waals surface area contributed by atoms with Crippen molar-refractivity contribution in [1.82, 2.24) is 10.2 Å². The van der Waals surface area contributed by atoms with Crippen molar-refractivity contribution in [3.8, 4) is 0 Å². The number of nitrogens with zero attached hydrogens (tertiary/aromatic N) is 1. The van der Waals surface area contributed by atoms with Crippen LogP contribution in [0.2, 0.25) is 0 Å². The van der Waals surface area contributed by atoms with Crippen LogP contribution in [0.15, 0.2) is 12.7 Å². The van der Waals surface area contributed by atoms with E-state index in [1.54, 1.807) is 20.3 Å². The first-order valence-electron chi connectivity index (χ1n) is 12.4. The number of carboxylic acids is 1. The number of amides is 2. The van der Waals surface area contributed by atoms with Crippen LogP contribution in [0.25, 0.3) is 0 Å². The van der Waals surface area contributed by atoms with Gasteiger partial charge < -0.3 is 24.8 Å². The maximum atomic E-state index is 11.4. The molecular formula is C26H58N2O6. The molecule has 34 heavy (non-hydrogen) atoms. The molecule has 1 aliphatic rings. The highest BCUT2D eigenvalue weighted by Crippen LogP contribution is 2.16. The van der Waals surface area contributed by atoms with Gasteiger partial charge in [-0.1, -0.05) is 67.9 Å². The van der Waals surface area contributed by atoms with Crippen LogP contribution >= 0.6 is 0 Å². The molecule has 0 aliphatic carbocycles. The van der Waals surface area contributed by atoms with Gasteiger partial charge in [-0.2, -0.15) is 0 Å². The van der Waals surface area contributed by atoms with Crippen LogP contribution in [-0.4, -0.2) is 73.9 Å². The minimum absolute atomic E-state index is 0.0417. The molecule has 1 atom stereocenters. The zero-order valence-electron chi connectivity index (χ0n) is 24.6. The summed E-state index contributed by atoms with van der Waals surface area (Å²) in [5.41, 5.74) is 0.0417. The molecule has 1 saturated heterocycles. The molecule has 8 nitrogen and oxygen atoms in total. The molecule has 2 N–H and O–H groups in total. The van der Waals surface area contributed by atoms with Gasteiger partial charge in [0.15, 0.2) is 0 Å². The third kappa shape index (κ3) is 40.4. The van der Waals surface area contributed by atoms with Crippen LogP contribution in [0.3, 0.4) is 0 Å². The SMILES string of the molecule is C=CCOC.CC.CC.CC.CCC.COC(C)(C)C.O=CNCC(=O)N1CCCC1C(=O)O. The van der Waals surface area contributed by atoms with E-state index in [0.29, 0.717) is 32.4 Å². The summed E-state index contributed by atoms with van der Waals surface area (Å²) in [4.78, 5) is 33.3. The number of methoxy groups -OCH3 is 2. The van der Waals surface area contributed by atoms with Crippen LogP contribution in [0.4, 0.5) is 0 Å². The van der Waals surface area contributed by atoms with Crippen molar-refractivity contribution in [1.29, 1.82) is 0 Å². The Morgan fingerprint density at radius 2 is 1.50 bits per heavy atom. The lowest BCUT2D eigenvalue weighted by atomic mass is 10.2. The maximum absolute atomic E-state index is 11.4. The topological polar surface area (TPSA) is 105 Å². The molecule has 1 aliphatic heterocycles. The lowest BCUT2D eigenvalue weighted by Crippen LogP contribution is -2.44. The summed E-state index contributed by atoms with van der Waals surface area (Å²) in [7, 11) is 3.35. The zero-order chi connectivity index (χ0) is 28.6. The monoisotopic (exact) mass is 494 g/mol. The van der Waals surface area contributed by atoms with E-state index in [1.165, 1.54) is 11.3 Å². The number of rotatable bonds is 6. The number of likely N-dealkylation sites (tertiary alicyclic amines) is 1. The number of nitrogens with one attached hydrogen (secondary N) is 1. The van der Waals surface area contributed by atoms with Crippen molar-refractivity contribution in [2.24, 2.45) is 0 Å². The summed E-state index contributed by atoms with van der Waals surface area (Å²) in [6.07, 6.45) is 4.57. The fraction of sp³-hybridized carbons (Fsp3) is 0.808. The van der Waals surface area contributed by atoms with Gasteiger partial charge in [0, 0.05) is 20.8 Å². The Balaban J connectivity index is -0.0000000822. The smallest absolute Gasteiger partial charge is 0.326 e. The van der Waals surface area contributed by atoms with Gasteiger partial charge in [-0.15, -0.1) is 6.58 Å². The Hall–Kier alpha value is -1.93. The Labute approximate surface area is 211 Å². The first-order valence-corrected chi connectivity index (χ1v) is 12.4. The Morgan fingerprint density at radius 3 is 1.74 bits per heavy atom.